The van der Waals surface area contributed by atoms with E-state index in [2.05, 4.69) is 5.32 Å². The van der Waals surface area contributed by atoms with E-state index in [1.807, 2.05) is 0 Å². The van der Waals surface area contributed by atoms with Gasteiger partial charge in [0.2, 0.25) is 5.91 Å². The third-order valence-electron chi connectivity index (χ3n) is 2.50. The van der Waals surface area contributed by atoms with Gasteiger partial charge in [-0.2, -0.15) is 13.2 Å². The summed E-state index contributed by atoms with van der Waals surface area (Å²) in [6, 6.07) is 5.02. The summed E-state index contributed by atoms with van der Waals surface area (Å²) in [4.78, 5) is 11.6. The Balaban J connectivity index is 2.44. The second-order valence-corrected chi connectivity index (χ2v) is 5.17. The van der Waals surface area contributed by atoms with Crippen molar-refractivity contribution in [3.8, 4) is 11.5 Å². The van der Waals surface area contributed by atoms with Crippen LogP contribution in [-0.4, -0.2) is 37.9 Å². The maximum absolute atomic E-state index is 11.9. The van der Waals surface area contributed by atoms with Crippen molar-refractivity contribution in [2.75, 3.05) is 26.5 Å². The minimum atomic E-state index is -4.27. The number of halogens is 3. The third-order valence-corrected chi connectivity index (χ3v) is 3.24. The van der Waals surface area contributed by atoms with Gasteiger partial charge in [-0.25, -0.2) is 0 Å². The quantitative estimate of drug-likeness (QED) is 0.784. The summed E-state index contributed by atoms with van der Waals surface area (Å²) in [5.74, 6) is 0.491. The lowest BCUT2D eigenvalue weighted by Crippen LogP contribution is -2.27. The smallest absolute Gasteiger partial charge is 0.441 e. The van der Waals surface area contributed by atoms with Crippen molar-refractivity contribution >= 4 is 17.7 Å². The van der Waals surface area contributed by atoms with Crippen molar-refractivity contribution in [3.63, 3.8) is 0 Å². The van der Waals surface area contributed by atoms with Crippen LogP contribution in [0.2, 0.25) is 0 Å². The standard InChI is InChI=1S/C13H16F3NO3S/c1-19-10-4-3-9(7-11(10)20-2)8-12(18)17-5-6-21-13(14,15)16/h3-4,7H,5-6,8H2,1-2H3,(H,17,18). The van der Waals surface area contributed by atoms with Crippen molar-refractivity contribution in [1.82, 2.24) is 5.32 Å². The van der Waals surface area contributed by atoms with Crippen LogP contribution in [0.4, 0.5) is 13.2 Å². The van der Waals surface area contributed by atoms with Crippen LogP contribution in [0.3, 0.4) is 0 Å². The molecule has 0 aliphatic rings. The van der Waals surface area contributed by atoms with Crippen LogP contribution in [0.5, 0.6) is 11.5 Å². The van der Waals surface area contributed by atoms with Gasteiger partial charge in [-0.1, -0.05) is 6.07 Å². The van der Waals surface area contributed by atoms with Crippen LogP contribution in [0.25, 0.3) is 0 Å². The van der Waals surface area contributed by atoms with E-state index in [9.17, 15) is 18.0 Å². The first-order chi connectivity index (χ1) is 9.85. The molecular weight excluding hydrogens is 307 g/mol. The van der Waals surface area contributed by atoms with E-state index in [0.29, 0.717) is 17.1 Å². The van der Waals surface area contributed by atoms with Crippen LogP contribution in [-0.2, 0) is 11.2 Å². The van der Waals surface area contributed by atoms with Crippen molar-refractivity contribution in [2.24, 2.45) is 0 Å². The summed E-state index contributed by atoms with van der Waals surface area (Å²) in [6.07, 6.45) is 0.0665. The van der Waals surface area contributed by atoms with Crippen molar-refractivity contribution in [2.45, 2.75) is 11.9 Å². The Bertz CT molecular complexity index is 480. The molecule has 0 heterocycles. The van der Waals surface area contributed by atoms with Gasteiger partial charge in [0.25, 0.3) is 0 Å². The molecular formula is C13H16F3NO3S. The number of alkyl halides is 3. The average Bonchev–Trinajstić information content (AvgIpc) is 2.42. The van der Waals surface area contributed by atoms with Gasteiger partial charge in [0.1, 0.15) is 0 Å². The molecule has 1 amide bonds. The molecule has 0 fully saturated rings. The Kier molecular flexibility index (Phi) is 6.67. The van der Waals surface area contributed by atoms with Gasteiger partial charge in [0.05, 0.1) is 20.6 Å². The number of rotatable bonds is 7. The highest BCUT2D eigenvalue weighted by atomic mass is 32.2. The number of nitrogens with one attached hydrogen (secondary N) is 1. The molecule has 21 heavy (non-hydrogen) atoms. The molecule has 0 radical (unpaired) electrons. The fourth-order valence-corrected chi connectivity index (χ4v) is 2.03. The van der Waals surface area contributed by atoms with Gasteiger partial charge in [0, 0.05) is 12.3 Å². The SMILES string of the molecule is COc1ccc(CC(=O)NCCSC(F)(F)F)cc1OC. The fourth-order valence-electron chi connectivity index (χ4n) is 1.60. The molecule has 0 bridgehead atoms. The van der Waals surface area contributed by atoms with Crippen LogP contribution < -0.4 is 14.8 Å². The summed E-state index contributed by atoms with van der Waals surface area (Å²) in [6.45, 7) is -0.0314. The molecule has 118 valence electrons. The van der Waals surface area contributed by atoms with Crippen LogP contribution in [0, 0.1) is 0 Å². The van der Waals surface area contributed by atoms with Crippen molar-refractivity contribution in [3.05, 3.63) is 23.8 Å². The van der Waals surface area contributed by atoms with E-state index in [4.69, 9.17) is 9.47 Å². The molecule has 1 aromatic rings. The van der Waals surface area contributed by atoms with Crippen LogP contribution in [0.15, 0.2) is 18.2 Å². The van der Waals surface area contributed by atoms with Crippen molar-refractivity contribution < 1.29 is 27.4 Å². The molecule has 0 saturated heterocycles. The van der Waals surface area contributed by atoms with E-state index in [0.717, 1.165) is 0 Å². The predicted molar refractivity (Wildman–Crippen MR) is 74.8 cm³/mol. The highest BCUT2D eigenvalue weighted by Crippen LogP contribution is 2.29. The number of carbonyl (C=O) groups excluding carboxylic acids is 1. The molecule has 0 atom stereocenters. The van der Waals surface area contributed by atoms with Gasteiger partial charge in [-0.15, -0.1) is 0 Å². The number of thioether (sulfide) groups is 1. The lowest BCUT2D eigenvalue weighted by atomic mass is 10.1. The molecule has 1 aromatic carbocycles. The summed E-state index contributed by atoms with van der Waals surface area (Å²) in [7, 11) is 2.98. The normalized spacial score (nSPS) is 11.1. The predicted octanol–water partition coefficient (Wildman–Crippen LogP) is 2.62. The van der Waals surface area contributed by atoms with Crippen LogP contribution >= 0.6 is 11.8 Å². The molecule has 1 N–H and O–H groups in total. The van der Waals surface area contributed by atoms with E-state index in [-0.39, 0.29) is 36.4 Å². The van der Waals surface area contributed by atoms with Gasteiger partial charge in [-0.3, -0.25) is 4.79 Å². The molecule has 0 unspecified atom stereocenters. The number of hydrogen-bond donors (Lipinski definition) is 1. The van der Waals surface area contributed by atoms with E-state index in [1.54, 1.807) is 18.2 Å². The zero-order chi connectivity index (χ0) is 15.9. The maximum atomic E-state index is 11.9. The molecule has 4 nitrogen and oxygen atoms in total. The Morgan fingerprint density at radius 3 is 2.48 bits per heavy atom. The monoisotopic (exact) mass is 323 g/mol. The third kappa shape index (κ3) is 6.61. The number of methoxy groups -OCH3 is 2. The number of benzene rings is 1. The lowest BCUT2D eigenvalue weighted by molar-refractivity contribution is -0.120. The topological polar surface area (TPSA) is 47.6 Å². The molecule has 1 rings (SSSR count). The Morgan fingerprint density at radius 1 is 1.24 bits per heavy atom. The van der Waals surface area contributed by atoms with E-state index in [1.165, 1.54) is 14.2 Å². The minimum absolute atomic E-state index is 0.0314. The summed E-state index contributed by atoms with van der Waals surface area (Å²) < 4.78 is 45.9. The minimum Gasteiger partial charge on any atom is -0.493 e. The Labute approximate surface area is 125 Å². The van der Waals surface area contributed by atoms with Gasteiger partial charge < -0.3 is 14.8 Å². The molecule has 8 heteroatoms. The molecule has 0 saturated carbocycles. The van der Waals surface area contributed by atoms with Crippen LogP contribution in [0.1, 0.15) is 5.56 Å². The summed E-state index contributed by atoms with van der Waals surface area (Å²) in [5.41, 5.74) is -3.58. The first kappa shape index (κ1) is 17.5. The highest BCUT2D eigenvalue weighted by molar-refractivity contribution is 8.00. The number of ether oxygens (including phenoxy) is 2. The zero-order valence-corrected chi connectivity index (χ0v) is 12.4. The van der Waals surface area contributed by atoms with E-state index < -0.39 is 5.51 Å². The Hall–Kier alpha value is -1.57. The second-order valence-electron chi connectivity index (χ2n) is 4.01. The summed E-state index contributed by atoms with van der Waals surface area (Å²) in [5, 5.41) is 2.44. The van der Waals surface area contributed by atoms with Gasteiger partial charge >= 0.3 is 5.51 Å². The second kappa shape index (κ2) is 8.02. The molecule has 0 aliphatic heterocycles. The lowest BCUT2D eigenvalue weighted by Gasteiger charge is -2.10. The number of amides is 1. The van der Waals surface area contributed by atoms with Gasteiger partial charge in [-0.05, 0) is 29.5 Å². The van der Waals surface area contributed by atoms with Gasteiger partial charge in [0.15, 0.2) is 11.5 Å². The first-order valence-electron chi connectivity index (χ1n) is 6.04. The highest BCUT2D eigenvalue weighted by Gasteiger charge is 2.27. The molecule has 0 aromatic heterocycles. The fraction of sp³-hybridized carbons (Fsp3) is 0.462. The first-order valence-corrected chi connectivity index (χ1v) is 7.02. The van der Waals surface area contributed by atoms with E-state index >= 15 is 0 Å². The largest absolute Gasteiger partial charge is 0.493 e. The number of carbonyl (C=O) groups is 1. The van der Waals surface area contributed by atoms with Crippen molar-refractivity contribution in [1.29, 1.82) is 0 Å². The maximum Gasteiger partial charge on any atom is 0.441 e. The zero-order valence-electron chi connectivity index (χ0n) is 11.6. The Morgan fingerprint density at radius 2 is 1.90 bits per heavy atom. The molecule has 0 aliphatic carbocycles. The summed E-state index contributed by atoms with van der Waals surface area (Å²) >= 11 is -0.158. The molecule has 0 spiro atoms. The number of hydrogen-bond acceptors (Lipinski definition) is 4. The average molecular weight is 323 g/mol.